The van der Waals surface area contributed by atoms with Crippen molar-refractivity contribution in [3.8, 4) is 33.5 Å². The summed E-state index contributed by atoms with van der Waals surface area (Å²) in [6, 6.07) is 35.2. The van der Waals surface area contributed by atoms with Crippen LogP contribution < -0.4 is 0 Å². The van der Waals surface area contributed by atoms with Gasteiger partial charge in [0.05, 0.1) is 5.69 Å². The Bertz CT molecular complexity index is 1600. The average Bonchev–Trinajstić information content (AvgIpc) is 3.12. The van der Waals surface area contributed by atoms with Gasteiger partial charge in [-0.1, -0.05) is 98.0 Å². The summed E-state index contributed by atoms with van der Waals surface area (Å²) < 4.78 is 0. The Morgan fingerprint density at radius 2 is 1.20 bits per heavy atom. The van der Waals surface area contributed by atoms with Crippen molar-refractivity contribution in [2.24, 2.45) is 0 Å². The van der Waals surface area contributed by atoms with Crippen LogP contribution in [0.5, 0.6) is 0 Å². The highest BCUT2D eigenvalue weighted by Crippen LogP contribution is 2.56. The van der Waals surface area contributed by atoms with Crippen molar-refractivity contribution in [1.29, 1.82) is 0 Å². The van der Waals surface area contributed by atoms with E-state index in [4.69, 9.17) is 4.98 Å². The zero-order chi connectivity index (χ0) is 23.6. The number of nitrogens with zero attached hydrogens (tertiary/aromatic N) is 1. The number of rotatable bonds is 2. The van der Waals surface area contributed by atoms with E-state index in [-0.39, 0.29) is 5.41 Å². The molecule has 4 aromatic carbocycles. The van der Waals surface area contributed by atoms with Crippen molar-refractivity contribution in [3.05, 3.63) is 114 Å². The summed E-state index contributed by atoms with van der Waals surface area (Å²) in [5.41, 5.74) is 10.0. The second-order valence-corrected chi connectivity index (χ2v) is 11.8. The summed E-state index contributed by atoms with van der Waals surface area (Å²) in [5.74, 6) is 0. The molecular formula is C32H23NS2. The van der Waals surface area contributed by atoms with Crippen LogP contribution in [-0.4, -0.2) is 4.98 Å². The molecule has 1 nitrogen and oxygen atoms in total. The standard InChI is InChI=1S/C32H23NS2/c1-32(2)25-16-21(22-13-15-27(33-19-22)20-8-4-3-5-9-20)12-14-23(25)24-17-30-31(18-26(24)32)35-29-11-7-6-10-28(29)34-30/h3-19H,1-2H3. The summed E-state index contributed by atoms with van der Waals surface area (Å²) in [4.78, 5) is 10.2. The lowest BCUT2D eigenvalue weighted by molar-refractivity contribution is 0.658. The normalized spacial score (nSPS) is 14.6. The Balaban J connectivity index is 1.28. The third-order valence-electron chi connectivity index (χ3n) is 7.20. The van der Waals surface area contributed by atoms with E-state index in [0.717, 1.165) is 16.8 Å². The lowest BCUT2D eigenvalue weighted by Gasteiger charge is -2.24. The zero-order valence-corrected chi connectivity index (χ0v) is 21.2. The summed E-state index contributed by atoms with van der Waals surface area (Å²) in [6.07, 6.45) is 2.00. The van der Waals surface area contributed by atoms with Crippen LogP contribution in [0.3, 0.4) is 0 Å². The largest absolute Gasteiger partial charge is 0.256 e. The summed E-state index contributed by atoms with van der Waals surface area (Å²) in [5, 5.41) is 0. The fraction of sp³-hybridized carbons (Fsp3) is 0.0938. The number of benzene rings is 4. The minimum absolute atomic E-state index is 0.0463. The quantitative estimate of drug-likeness (QED) is 0.242. The molecule has 1 aliphatic carbocycles. The van der Waals surface area contributed by atoms with E-state index < -0.39 is 0 Å². The van der Waals surface area contributed by atoms with Crippen LogP contribution in [0.1, 0.15) is 25.0 Å². The maximum absolute atomic E-state index is 4.76. The highest BCUT2D eigenvalue weighted by Gasteiger charge is 2.37. The molecule has 1 aromatic heterocycles. The minimum Gasteiger partial charge on any atom is -0.256 e. The van der Waals surface area contributed by atoms with Crippen molar-refractivity contribution < 1.29 is 0 Å². The fourth-order valence-electron chi connectivity index (χ4n) is 5.28. The molecule has 0 amide bonds. The molecule has 0 spiro atoms. The smallest absolute Gasteiger partial charge is 0.0702 e. The van der Waals surface area contributed by atoms with E-state index >= 15 is 0 Å². The van der Waals surface area contributed by atoms with Crippen LogP contribution >= 0.6 is 23.5 Å². The van der Waals surface area contributed by atoms with Crippen LogP contribution in [-0.2, 0) is 5.41 Å². The van der Waals surface area contributed by atoms with Gasteiger partial charge in [0.2, 0.25) is 0 Å². The van der Waals surface area contributed by atoms with Crippen LogP contribution in [0, 0.1) is 0 Å². The first kappa shape index (κ1) is 21.0. The maximum atomic E-state index is 4.76. The van der Waals surface area contributed by atoms with Crippen LogP contribution in [0.25, 0.3) is 33.5 Å². The van der Waals surface area contributed by atoms with Gasteiger partial charge in [0.15, 0.2) is 0 Å². The molecule has 0 radical (unpaired) electrons. The molecule has 0 atom stereocenters. The van der Waals surface area contributed by atoms with Crippen molar-refractivity contribution in [1.82, 2.24) is 4.98 Å². The lowest BCUT2D eigenvalue weighted by atomic mass is 9.81. The van der Waals surface area contributed by atoms with Gasteiger partial charge in [-0.25, -0.2) is 0 Å². The molecule has 0 saturated heterocycles. The monoisotopic (exact) mass is 485 g/mol. The molecule has 2 aliphatic rings. The van der Waals surface area contributed by atoms with Gasteiger partial charge < -0.3 is 0 Å². The van der Waals surface area contributed by atoms with Gasteiger partial charge in [-0.2, -0.15) is 0 Å². The summed E-state index contributed by atoms with van der Waals surface area (Å²) in [6.45, 7) is 4.72. The Morgan fingerprint density at radius 3 is 1.91 bits per heavy atom. The minimum atomic E-state index is -0.0463. The molecule has 35 heavy (non-hydrogen) atoms. The molecule has 2 heterocycles. The second-order valence-electron chi connectivity index (χ2n) is 9.68. The Morgan fingerprint density at radius 1 is 0.543 bits per heavy atom. The van der Waals surface area contributed by atoms with E-state index in [1.165, 1.54) is 47.4 Å². The summed E-state index contributed by atoms with van der Waals surface area (Å²) >= 11 is 3.79. The van der Waals surface area contributed by atoms with Gasteiger partial charge in [-0.3, -0.25) is 4.98 Å². The van der Waals surface area contributed by atoms with Crippen molar-refractivity contribution in [3.63, 3.8) is 0 Å². The molecule has 0 unspecified atom stereocenters. The van der Waals surface area contributed by atoms with Crippen LogP contribution in [0.15, 0.2) is 123 Å². The second kappa shape index (κ2) is 7.87. The highest BCUT2D eigenvalue weighted by atomic mass is 32.2. The molecule has 3 heteroatoms. The first-order chi connectivity index (χ1) is 17.1. The molecule has 0 fully saturated rings. The van der Waals surface area contributed by atoms with Crippen LogP contribution in [0.2, 0.25) is 0 Å². The molecule has 0 bridgehead atoms. The van der Waals surface area contributed by atoms with Gasteiger partial charge >= 0.3 is 0 Å². The number of hydrogen-bond acceptors (Lipinski definition) is 3. The van der Waals surface area contributed by atoms with E-state index in [1.807, 2.05) is 35.8 Å². The fourth-order valence-corrected chi connectivity index (χ4v) is 7.56. The molecule has 5 aromatic rings. The third-order valence-corrected chi connectivity index (χ3v) is 9.72. The Labute approximate surface area is 214 Å². The maximum Gasteiger partial charge on any atom is 0.0702 e. The van der Waals surface area contributed by atoms with Crippen molar-refractivity contribution in [2.45, 2.75) is 38.8 Å². The first-order valence-electron chi connectivity index (χ1n) is 11.9. The first-order valence-corrected chi connectivity index (χ1v) is 13.5. The Hall–Kier alpha value is -3.27. The van der Waals surface area contributed by atoms with Gasteiger partial charge in [-0.05, 0) is 64.2 Å². The number of pyridine rings is 1. The summed E-state index contributed by atoms with van der Waals surface area (Å²) in [7, 11) is 0. The van der Waals surface area contributed by atoms with E-state index in [2.05, 4.69) is 105 Å². The van der Waals surface area contributed by atoms with Gasteiger partial charge in [0, 0.05) is 42.3 Å². The topological polar surface area (TPSA) is 12.9 Å². The predicted octanol–water partition coefficient (Wildman–Crippen LogP) is 9.34. The van der Waals surface area contributed by atoms with Gasteiger partial charge in [-0.15, -0.1) is 0 Å². The SMILES string of the molecule is CC1(C)c2cc(-c3ccc(-c4ccccc4)nc3)ccc2-c2cc3c(cc21)Sc1ccccc1S3. The average molecular weight is 486 g/mol. The van der Waals surface area contributed by atoms with E-state index in [9.17, 15) is 0 Å². The highest BCUT2D eigenvalue weighted by molar-refractivity contribution is 8.05. The van der Waals surface area contributed by atoms with Crippen molar-refractivity contribution >= 4 is 23.5 Å². The molecule has 1 aliphatic heterocycles. The van der Waals surface area contributed by atoms with E-state index in [1.54, 1.807) is 0 Å². The molecule has 0 N–H and O–H groups in total. The molecule has 0 saturated carbocycles. The number of aromatic nitrogens is 1. The lowest BCUT2D eigenvalue weighted by Crippen LogP contribution is -2.15. The zero-order valence-electron chi connectivity index (χ0n) is 19.6. The molecular weight excluding hydrogens is 462 g/mol. The van der Waals surface area contributed by atoms with E-state index in [0.29, 0.717) is 0 Å². The predicted molar refractivity (Wildman–Crippen MR) is 147 cm³/mol. The van der Waals surface area contributed by atoms with Crippen molar-refractivity contribution in [2.75, 3.05) is 0 Å². The molecule has 168 valence electrons. The number of hydrogen-bond donors (Lipinski definition) is 0. The number of fused-ring (bicyclic) bond motifs is 5. The molecule has 7 rings (SSSR count). The Kier molecular flexibility index (Phi) is 4.74. The third kappa shape index (κ3) is 3.37. The van der Waals surface area contributed by atoms with Crippen LogP contribution in [0.4, 0.5) is 0 Å². The van der Waals surface area contributed by atoms with Gasteiger partial charge in [0.25, 0.3) is 0 Å². The van der Waals surface area contributed by atoms with Gasteiger partial charge in [0.1, 0.15) is 0 Å².